The van der Waals surface area contributed by atoms with Gasteiger partial charge in [0, 0.05) is 30.1 Å². The number of carbonyl (C=O) groups excluding carboxylic acids is 4. The number of hydrogen-bond donors (Lipinski definition) is 1. The third-order valence-corrected chi connectivity index (χ3v) is 4.35. The first-order valence-corrected chi connectivity index (χ1v) is 8.77. The second kappa shape index (κ2) is 7.82. The highest BCUT2D eigenvalue weighted by Gasteiger charge is 2.33. The minimum Gasteiger partial charge on any atom is -0.423 e. The normalized spacial score (nSPS) is 15.2. The van der Waals surface area contributed by atoms with Crippen molar-refractivity contribution in [3.05, 3.63) is 52.5 Å². The number of esters is 2. The molecule has 1 heterocycles. The van der Waals surface area contributed by atoms with Gasteiger partial charge in [0.2, 0.25) is 5.91 Å². The van der Waals surface area contributed by atoms with Crippen LogP contribution in [0.2, 0.25) is 5.02 Å². The number of anilines is 1. The molecule has 1 amide bonds. The van der Waals surface area contributed by atoms with Gasteiger partial charge < -0.3 is 14.8 Å². The fraction of sp³-hybridized carbons (Fsp3) is 0.200. The fourth-order valence-corrected chi connectivity index (χ4v) is 3.13. The molecule has 0 fully saturated rings. The lowest BCUT2D eigenvalue weighted by Crippen LogP contribution is -2.35. The number of amides is 1. The first kappa shape index (κ1) is 19.6. The summed E-state index contributed by atoms with van der Waals surface area (Å²) in [6.07, 6.45) is 0.190. The molecule has 1 aliphatic heterocycles. The van der Waals surface area contributed by atoms with Crippen molar-refractivity contribution in [2.24, 2.45) is 5.92 Å². The van der Waals surface area contributed by atoms with Crippen LogP contribution < -0.4 is 14.8 Å². The van der Waals surface area contributed by atoms with Gasteiger partial charge in [-0.05, 0) is 48.4 Å². The maximum Gasteiger partial charge on any atom is 0.308 e. The maximum absolute atomic E-state index is 12.9. The Morgan fingerprint density at radius 2 is 1.68 bits per heavy atom. The Kier molecular flexibility index (Phi) is 5.46. The van der Waals surface area contributed by atoms with Crippen molar-refractivity contribution in [1.82, 2.24) is 0 Å². The van der Waals surface area contributed by atoms with Crippen LogP contribution in [0.15, 0.2) is 36.4 Å². The van der Waals surface area contributed by atoms with E-state index in [0.717, 1.165) is 5.56 Å². The quantitative estimate of drug-likeness (QED) is 0.365. The summed E-state index contributed by atoms with van der Waals surface area (Å²) in [4.78, 5) is 47.9. The van der Waals surface area contributed by atoms with Gasteiger partial charge in [-0.15, -0.1) is 0 Å². The van der Waals surface area contributed by atoms with Gasteiger partial charge in [0.25, 0.3) is 0 Å². The van der Waals surface area contributed by atoms with Crippen LogP contribution in [0, 0.1) is 5.92 Å². The van der Waals surface area contributed by atoms with Crippen molar-refractivity contribution in [3.63, 3.8) is 0 Å². The summed E-state index contributed by atoms with van der Waals surface area (Å²) in [6.45, 7) is 2.38. The molecular weight excluding hydrogens is 386 g/mol. The first-order valence-electron chi connectivity index (χ1n) is 8.39. The Morgan fingerprint density at radius 3 is 2.36 bits per heavy atom. The molecule has 8 heteroatoms. The predicted molar refractivity (Wildman–Crippen MR) is 101 cm³/mol. The summed E-state index contributed by atoms with van der Waals surface area (Å²) >= 11 is 6.00. The molecule has 2 aromatic carbocycles. The average molecular weight is 402 g/mol. The second-order valence-corrected chi connectivity index (χ2v) is 6.70. The van der Waals surface area contributed by atoms with Gasteiger partial charge in [-0.3, -0.25) is 19.2 Å². The molecule has 1 N–H and O–H groups in total. The van der Waals surface area contributed by atoms with Gasteiger partial charge in [-0.25, -0.2) is 0 Å². The molecule has 2 aromatic rings. The number of carbonyl (C=O) groups is 4. The third-order valence-electron chi connectivity index (χ3n) is 4.12. The van der Waals surface area contributed by atoms with E-state index in [9.17, 15) is 19.2 Å². The monoisotopic (exact) mass is 401 g/mol. The number of fused-ring (bicyclic) bond motifs is 1. The van der Waals surface area contributed by atoms with Gasteiger partial charge in [0.05, 0.1) is 0 Å². The fourth-order valence-electron chi connectivity index (χ4n) is 2.93. The number of ether oxygens (including phenoxy) is 2. The zero-order chi connectivity index (χ0) is 20.4. The molecule has 7 nitrogen and oxygen atoms in total. The maximum atomic E-state index is 12.9. The number of hydrogen-bond acceptors (Lipinski definition) is 6. The molecule has 0 aliphatic carbocycles. The van der Waals surface area contributed by atoms with E-state index in [-0.39, 0.29) is 23.5 Å². The van der Waals surface area contributed by atoms with Crippen LogP contribution in [-0.4, -0.2) is 23.6 Å². The number of rotatable bonds is 4. The van der Waals surface area contributed by atoms with Gasteiger partial charge >= 0.3 is 11.9 Å². The minimum absolute atomic E-state index is 0.00414. The smallest absolute Gasteiger partial charge is 0.308 e. The molecule has 1 atom stereocenters. The molecule has 3 rings (SSSR count). The summed E-state index contributed by atoms with van der Waals surface area (Å²) in [5.41, 5.74) is 1.52. The summed E-state index contributed by atoms with van der Waals surface area (Å²) in [5.74, 6) is -3.16. The predicted octanol–water partition coefficient (Wildman–Crippen LogP) is 3.18. The van der Waals surface area contributed by atoms with Gasteiger partial charge in [-0.2, -0.15) is 0 Å². The lowest BCUT2D eigenvalue weighted by Gasteiger charge is -2.24. The zero-order valence-corrected chi connectivity index (χ0v) is 15.8. The van der Waals surface area contributed by atoms with E-state index >= 15 is 0 Å². The third kappa shape index (κ3) is 4.20. The summed E-state index contributed by atoms with van der Waals surface area (Å²) in [5, 5.41) is 3.20. The van der Waals surface area contributed by atoms with Gasteiger partial charge in [0.1, 0.15) is 5.92 Å². The van der Waals surface area contributed by atoms with Crippen molar-refractivity contribution in [2.45, 2.75) is 20.3 Å². The zero-order valence-electron chi connectivity index (χ0n) is 15.1. The highest BCUT2D eigenvalue weighted by Crippen LogP contribution is 2.33. The molecule has 0 radical (unpaired) electrons. The molecular formula is C20H16ClNO6. The number of Topliss-reactive ketones (excluding diaryl/α,β-unsaturated/α-hetero) is 1. The summed E-state index contributed by atoms with van der Waals surface area (Å²) in [7, 11) is 0. The van der Waals surface area contributed by atoms with E-state index in [0.29, 0.717) is 10.7 Å². The van der Waals surface area contributed by atoms with Crippen LogP contribution in [0.3, 0.4) is 0 Å². The molecule has 0 bridgehead atoms. The van der Waals surface area contributed by atoms with E-state index < -0.39 is 29.5 Å². The van der Waals surface area contributed by atoms with E-state index in [1.165, 1.54) is 32.0 Å². The number of nitrogens with one attached hydrogen (secondary N) is 1. The van der Waals surface area contributed by atoms with Crippen LogP contribution in [0.1, 0.15) is 29.8 Å². The van der Waals surface area contributed by atoms with Gasteiger partial charge in [-0.1, -0.05) is 11.6 Å². The van der Waals surface area contributed by atoms with Gasteiger partial charge in [0.15, 0.2) is 17.3 Å². The van der Waals surface area contributed by atoms with Crippen LogP contribution >= 0.6 is 11.6 Å². The molecule has 28 heavy (non-hydrogen) atoms. The van der Waals surface area contributed by atoms with E-state index in [1.54, 1.807) is 18.2 Å². The molecule has 1 aliphatic rings. The lowest BCUT2D eigenvalue weighted by atomic mass is 9.87. The lowest BCUT2D eigenvalue weighted by molar-refractivity contribution is -0.134. The second-order valence-electron chi connectivity index (χ2n) is 6.26. The highest BCUT2D eigenvalue weighted by molar-refractivity contribution is 6.30. The SMILES string of the molecule is CC(=O)Oc1ccc(C(=O)C2Cc3cc(Cl)ccc3NC2=O)cc1OC(C)=O. The number of halogens is 1. The average Bonchev–Trinajstić information content (AvgIpc) is 2.61. The van der Waals surface area contributed by atoms with Crippen LogP contribution in [-0.2, 0) is 20.8 Å². The number of ketones is 1. The number of benzene rings is 2. The highest BCUT2D eigenvalue weighted by atomic mass is 35.5. The Morgan fingerprint density at radius 1 is 1.00 bits per heavy atom. The van der Waals surface area contributed by atoms with Crippen LogP contribution in [0.4, 0.5) is 5.69 Å². The molecule has 0 spiro atoms. The van der Waals surface area contributed by atoms with Crippen molar-refractivity contribution in [3.8, 4) is 11.5 Å². The molecule has 1 unspecified atom stereocenters. The van der Waals surface area contributed by atoms with Crippen molar-refractivity contribution in [2.75, 3.05) is 5.32 Å². The van der Waals surface area contributed by atoms with Crippen molar-refractivity contribution >= 4 is 40.9 Å². The Balaban J connectivity index is 1.92. The van der Waals surface area contributed by atoms with E-state index in [2.05, 4.69) is 5.32 Å². The van der Waals surface area contributed by atoms with Crippen molar-refractivity contribution < 1.29 is 28.7 Å². The van der Waals surface area contributed by atoms with Crippen LogP contribution in [0.5, 0.6) is 11.5 Å². The van der Waals surface area contributed by atoms with Crippen LogP contribution in [0.25, 0.3) is 0 Å². The van der Waals surface area contributed by atoms with E-state index in [4.69, 9.17) is 21.1 Å². The molecule has 144 valence electrons. The topological polar surface area (TPSA) is 98.8 Å². The molecule has 0 aromatic heterocycles. The summed E-state index contributed by atoms with van der Waals surface area (Å²) < 4.78 is 10.0. The Bertz CT molecular complexity index is 1000. The Labute approximate surface area is 165 Å². The minimum atomic E-state index is -0.962. The summed E-state index contributed by atoms with van der Waals surface area (Å²) in [6, 6.07) is 9.07. The molecule has 0 saturated heterocycles. The first-order chi connectivity index (χ1) is 13.2. The molecule has 0 saturated carbocycles. The van der Waals surface area contributed by atoms with Crippen molar-refractivity contribution in [1.29, 1.82) is 0 Å². The largest absolute Gasteiger partial charge is 0.423 e. The standard InChI is InChI=1S/C20H16ClNO6/c1-10(23)27-17-6-3-12(9-18(17)28-11(2)24)19(25)15-8-13-7-14(21)4-5-16(13)22-20(15)26/h3-7,9,15H,8H2,1-2H3,(H,22,26). The van der Waals surface area contributed by atoms with E-state index in [1.807, 2.05) is 0 Å². The Hall–Kier alpha value is -3.19.